The first-order valence-corrected chi connectivity index (χ1v) is 5.98. The van der Waals surface area contributed by atoms with Crippen LogP contribution in [0.1, 0.15) is 0 Å². The first-order chi connectivity index (χ1) is 6.63. The van der Waals surface area contributed by atoms with E-state index >= 15 is 0 Å². The van der Waals surface area contributed by atoms with E-state index in [0.717, 1.165) is 21.4 Å². The summed E-state index contributed by atoms with van der Waals surface area (Å²) in [5.74, 6) is 0. The van der Waals surface area contributed by atoms with E-state index in [1.165, 1.54) is 0 Å². The van der Waals surface area contributed by atoms with Crippen molar-refractivity contribution >= 4 is 31.5 Å². The Bertz CT molecular complexity index is 521. The molecule has 0 aliphatic rings. The molecule has 0 saturated carbocycles. The van der Waals surface area contributed by atoms with Crippen molar-refractivity contribution in [3.05, 3.63) is 37.4 Å². The van der Waals surface area contributed by atoms with E-state index in [1.54, 1.807) is 6.07 Å². The van der Waals surface area contributed by atoms with Crippen molar-refractivity contribution in [2.75, 3.05) is 0 Å². The molecule has 0 amide bonds. The largest absolute Gasteiger partial charge is 0.307 e. The van der Waals surface area contributed by atoms with Crippen molar-refractivity contribution in [1.82, 2.24) is 0 Å². The van der Waals surface area contributed by atoms with Crippen LogP contribution in [-0.4, -0.2) is 8.42 Å². The van der Waals surface area contributed by atoms with Gasteiger partial charge in [-0.05, 0) is 17.5 Å². The predicted octanol–water partition coefficient (Wildman–Crippen LogP) is 2.28. The van der Waals surface area contributed by atoms with Gasteiger partial charge in [0.15, 0.2) is 0 Å². The quantitative estimate of drug-likeness (QED) is 0.738. The highest BCUT2D eigenvalue weighted by atomic mass is 32.3. The van der Waals surface area contributed by atoms with E-state index in [0.29, 0.717) is 0 Å². The molecule has 2 rings (SSSR count). The molecule has 0 aliphatic carbocycles. The summed E-state index contributed by atoms with van der Waals surface area (Å²) in [6.45, 7) is 0. The minimum absolute atomic E-state index is 0.126. The molecule has 0 saturated heterocycles. The van der Waals surface area contributed by atoms with Crippen molar-refractivity contribution in [1.29, 1.82) is 0 Å². The fraction of sp³-hybridized carbons (Fsp3) is 0. The number of hydrogen-bond acceptors (Lipinski definition) is 4. The zero-order valence-corrected chi connectivity index (χ0v) is 8.64. The average Bonchev–Trinajstić information content (AvgIpc) is 2.61. The molecule has 1 heterocycles. The topological polar surface area (TPSA) is 43.4 Å². The maximum absolute atomic E-state index is 11.2. The normalized spacial score (nSPS) is 12.1. The molecule has 0 unspecified atom stereocenters. The standard InChI is InChI=1S/C9H6O3S2/c1-12-14(10,11)9-6-7-4-2-3-5-8(7)13-9/h1-6H. The molecule has 0 atom stereocenters. The van der Waals surface area contributed by atoms with E-state index in [4.69, 9.17) is 0 Å². The molecule has 5 heteroatoms. The van der Waals surface area contributed by atoms with Gasteiger partial charge in [-0.25, -0.2) is 0 Å². The molecule has 0 spiro atoms. The summed E-state index contributed by atoms with van der Waals surface area (Å²) in [4.78, 5) is 0. The van der Waals surface area contributed by atoms with E-state index in [1.807, 2.05) is 24.3 Å². The predicted molar refractivity (Wildman–Crippen MR) is 54.4 cm³/mol. The summed E-state index contributed by atoms with van der Waals surface area (Å²) in [6.07, 6.45) is 0. The van der Waals surface area contributed by atoms with Gasteiger partial charge in [0.2, 0.25) is 0 Å². The third-order valence-corrected chi connectivity index (χ3v) is 4.41. The summed E-state index contributed by atoms with van der Waals surface area (Å²) in [5.41, 5.74) is 0. The highest BCUT2D eigenvalue weighted by Gasteiger charge is 2.16. The number of hydrogen-bond donors (Lipinski definition) is 0. The molecule has 0 N–H and O–H groups in total. The minimum Gasteiger partial charge on any atom is -0.257 e. The third-order valence-electron chi connectivity index (χ3n) is 1.78. The van der Waals surface area contributed by atoms with Crippen molar-refractivity contribution < 1.29 is 12.6 Å². The van der Waals surface area contributed by atoms with Crippen LogP contribution < -0.4 is 0 Å². The third kappa shape index (κ3) is 1.54. The summed E-state index contributed by atoms with van der Waals surface area (Å²) in [6, 6.07) is 8.91. The second kappa shape index (κ2) is 3.34. The van der Waals surface area contributed by atoms with Crippen LogP contribution in [0.2, 0.25) is 0 Å². The molecule has 0 fully saturated rings. The number of thiophene rings is 1. The Labute approximate surface area is 86.1 Å². The monoisotopic (exact) mass is 226 g/mol. The molecule has 0 aliphatic heterocycles. The van der Waals surface area contributed by atoms with E-state index < -0.39 is 10.1 Å². The van der Waals surface area contributed by atoms with Crippen LogP contribution in [0.4, 0.5) is 0 Å². The van der Waals surface area contributed by atoms with Crippen LogP contribution in [-0.2, 0) is 14.3 Å². The van der Waals surface area contributed by atoms with Crippen LogP contribution in [0.15, 0.2) is 34.5 Å². The zero-order chi connectivity index (χ0) is 10.2. The number of fused-ring (bicyclic) bond motifs is 1. The maximum Gasteiger partial charge on any atom is 0.307 e. The van der Waals surface area contributed by atoms with Crippen LogP contribution in [0, 0.1) is 7.11 Å². The molecular formula is C9H6O3S2. The Hall–Kier alpha value is -0.910. The lowest BCUT2D eigenvalue weighted by Gasteiger charge is -1.93. The summed E-state index contributed by atoms with van der Waals surface area (Å²) >= 11 is 1.14. The van der Waals surface area contributed by atoms with Gasteiger partial charge in [0, 0.05) is 4.70 Å². The first kappa shape index (κ1) is 9.64. The minimum atomic E-state index is -3.76. The van der Waals surface area contributed by atoms with Crippen molar-refractivity contribution in [3.8, 4) is 0 Å². The summed E-state index contributed by atoms with van der Waals surface area (Å²) < 4.78 is 27.4. The van der Waals surface area contributed by atoms with E-state index in [2.05, 4.69) is 11.3 Å². The lowest BCUT2D eigenvalue weighted by atomic mass is 10.3. The molecule has 14 heavy (non-hydrogen) atoms. The second-order valence-corrected chi connectivity index (χ2v) is 5.54. The highest BCUT2D eigenvalue weighted by Crippen LogP contribution is 2.29. The smallest absolute Gasteiger partial charge is 0.257 e. The van der Waals surface area contributed by atoms with Gasteiger partial charge < -0.3 is 0 Å². The van der Waals surface area contributed by atoms with Gasteiger partial charge in [0.05, 0.1) is 0 Å². The van der Waals surface area contributed by atoms with Crippen LogP contribution in [0.5, 0.6) is 0 Å². The highest BCUT2D eigenvalue weighted by molar-refractivity contribution is 7.89. The molecule has 3 nitrogen and oxygen atoms in total. The summed E-state index contributed by atoms with van der Waals surface area (Å²) in [5, 5.41) is 0.869. The average molecular weight is 226 g/mol. The Balaban J connectivity index is 2.67. The Morgan fingerprint density at radius 2 is 2.00 bits per heavy atom. The zero-order valence-electron chi connectivity index (χ0n) is 7.01. The first-order valence-electron chi connectivity index (χ1n) is 3.75. The van der Waals surface area contributed by atoms with Gasteiger partial charge in [0.1, 0.15) is 11.3 Å². The molecule has 72 valence electrons. The lowest BCUT2D eigenvalue weighted by Crippen LogP contribution is -1.97. The SMILES string of the molecule is [CH]OS(=O)(=O)c1cc2ccccc2s1. The van der Waals surface area contributed by atoms with E-state index in [-0.39, 0.29) is 4.21 Å². The lowest BCUT2D eigenvalue weighted by molar-refractivity contribution is 0.440. The molecule has 0 bridgehead atoms. The second-order valence-electron chi connectivity index (χ2n) is 2.65. The molecular weight excluding hydrogens is 220 g/mol. The summed E-state index contributed by atoms with van der Waals surface area (Å²) in [7, 11) is 0.915. The van der Waals surface area contributed by atoms with Gasteiger partial charge in [0.25, 0.3) is 0 Å². The van der Waals surface area contributed by atoms with Crippen LogP contribution in [0.25, 0.3) is 10.1 Å². The fourth-order valence-electron chi connectivity index (χ4n) is 1.13. The molecule has 1 aromatic carbocycles. The van der Waals surface area contributed by atoms with Gasteiger partial charge in [-0.15, -0.1) is 11.3 Å². The molecule has 2 radical (unpaired) electrons. The number of benzene rings is 1. The number of rotatable bonds is 2. The fourth-order valence-corrected chi connectivity index (χ4v) is 3.08. The van der Waals surface area contributed by atoms with E-state index in [9.17, 15) is 8.42 Å². The molecule has 1 aromatic heterocycles. The van der Waals surface area contributed by atoms with Gasteiger partial charge in [-0.3, -0.25) is 4.18 Å². The Morgan fingerprint density at radius 1 is 1.29 bits per heavy atom. The van der Waals surface area contributed by atoms with Crippen molar-refractivity contribution in [2.45, 2.75) is 4.21 Å². The maximum atomic E-state index is 11.2. The van der Waals surface area contributed by atoms with Gasteiger partial charge in [-0.2, -0.15) is 8.42 Å². The van der Waals surface area contributed by atoms with Crippen LogP contribution >= 0.6 is 11.3 Å². The van der Waals surface area contributed by atoms with Crippen LogP contribution in [0.3, 0.4) is 0 Å². The van der Waals surface area contributed by atoms with Gasteiger partial charge >= 0.3 is 10.1 Å². The van der Waals surface area contributed by atoms with Gasteiger partial charge in [-0.1, -0.05) is 18.2 Å². The Morgan fingerprint density at radius 3 is 2.64 bits per heavy atom. The molecule has 2 aromatic rings. The van der Waals surface area contributed by atoms with Crippen molar-refractivity contribution in [3.63, 3.8) is 0 Å². The van der Waals surface area contributed by atoms with Crippen molar-refractivity contribution in [2.24, 2.45) is 0 Å². The Kier molecular flexibility index (Phi) is 2.30.